The largest absolute Gasteiger partial charge is 0.334 e. The first-order valence-electron chi connectivity index (χ1n) is 10.3. The average molecular weight is 354 g/mol. The molecule has 2 fully saturated rings. The van der Waals surface area contributed by atoms with Crippen LogP contribution in [0.25, 0.3) is 0 Å². The van der Waals surface area contributed by atoms with Gasteiger partial charge in [0.1, 0.15) is 5.78 Å². The van der Waals surface area contributed by atoms with Gasteiger partial charge in [0.2, 0.25) is 0 Å². The number of fused-ring (bicyclic) bond motifs is 1. The van der Waals surface area contributed by atoms with Crippen LogP contribution < -0.4 is 0 Å². The van der Waals surface area contributed by atoms with Crippen LogP contribution in [0.1, 0.15) is 60.9 Å². The van der Waals surface area contributed by atoms with E-state index in [1.165, 1.54) is 19.3 Å². The third-order valence-corrected chi connectivity index (χ3v) is 6.52. The minimum absolute atomic E-state index is 0.190. The van der Waals surface area contributed by atoms with Gasteiger partial charge in [-0.15, -0.1) is 0 Å². The summed E-state index contributed by atoms with van der Waals surface area (Å²) >= 11 is 0. The summed E-state index contributed by atoms with van der Waals surface area (Å²) < 4.78 is 0. The smallest absolute Gasteiger partial charge is 0.254 e. The van der Waals surface area contributed by atoms with Crippen molar-refractivity contribution in [2.24, 2.45) is 11.8 Å². The van der Waals surface area contributed by atoms with Gasteiger partial charge in [-0.2, -0.15) is 0 Å². The Morgan fingerprint density at radius 3 is 2.46 bits per heavy atom. The fraction of sp³-hybridized carbons (Fsp3) is 0.636. The molecule has 2 heterocycles. The summed E-state index contributed by atoms with van der Waals surface area (Å²) in [6.45, 7) is 4.26. The van der Waals surface area contributed by atoms with E-state index in [9.17, 15) is 9.59 Å². The molecule has 1 aliphatic carbocycles. The molecule has 4 nitrogen and oxygen atoms in total. The number of likely N-dealkylation sites (tertiary alicyclic amines) is 1. The van der Waals surface area contributed by atoms with Crippen molar-refractivity contribution in [3.05, 3.63) is 35.4 Å². The van der Waals surface area contributed by atoms with Gasteiger partial charge in [0.25, 0.3) is 5.91 Å². The second-order valence-corrected chi connectivity index (χ2v) is 8.36. The lowest BCUT2D eigenvalue weighted by atomic mass is 9.85. The van der Waals surface area contributed by atoms with Crippen molar-refractivity contribution in [2.45, 2.75) is 51.5 Å². The van der Waals surface area contributed by atoms with Crippen LogP contribution in [0.15, 0.2) is 24.3 Å². The lowest BCUT2D eigenvalue weighted by Gasteiger charge is -2.34. The predicted molar refractivity (Wildman–Crippen MR) is 102 cm³/mol. The van der Waals surface area contributed by atoms with Gasteiger partial charge in [-0.25, -0.2) is 0 Å². The summed E-state index contributed by atoms with van der Waals surface area (Å²) in [4.78, 5) is 29.4. The number of carbonyl (C=O) groups is 2. The molecule has 0 unspecified atom stereocenters. The maximum absolute atomic E-state index is 12.5. The molecule has 0 spiro atoms. The standard InChI is InChI=1S/C22H30N2O2/c25-21(18-6-2-1-3-7-18)16-23-12-10-17(11-13-23)14-24-15-19-8-4-5-9-20(19)22(24)26/h4-5,8-9,17-18H,1-3,6-7,10-16H2. The summed E-state index contributed by atoms with van der Waals surface area (Å²) in [7, 11) is 0. The van der Waals surface area contributed by atoms with Crippen LogP contribution in [0.5, 0.6) is 0 Å². The summed E-state index contributed by atoms with van der Waals surface area (Å²) in [6, 6.07) is 7.96. The van der Waals surface area contributed by atoms with Crippen molar-refractivity contribution in [1.29, 1.82) is 0 Å². The van der Waals surface area contributed by atoms with Gasteiger partial charge in [0, 0.05) is 24.6 Å². The van der Waals surface area contributed by atoms with E-state index in [-0.39, 0.29) is 5.91 Å². The number of nitrogens with zero attached hydrogens (tertiary/aromatic N) is 2. The molecule has 0 bridgehead atoms. The number of amides is 1. The SMILES string of the molecule is O=C(CN1CCC(CN2Cc3ccccc3C2=O)CC1)C1CCCCC1. The average Bonchev–Trinajstić information content (AvgIpc) is 3.00. The van der Waals surface area contributed by atoms with Crippen LogP contribution in [0.3, 0.4) is 0 Å². The fourth-order valence-corrected chi connectivity index (χ4v) is 4.87. The van der Waals surface area contributed by atoms with E-state index < -0.39 is 0 Å². The second-order valence-electron chi connectivity index (χ2n) is 8.36. The third kappa shape index (κ3) is 3.85. The number of carbonyl (C=O) groups excluding carboxylic acids is 2. The van der Waals surface area contributed by atoms with E-state index in [1.54, 1.807) is 0 Å². The van der Waals surface area contributed by atoms with E-state index in [4.69, 9.17) is 0 Å². The van der Waals surface area contributed by atoms with Crippen LogP contribution >= 0.6 is 0 Å². The predicted octanol–water partition coefficient (Wildman–Crippen LogP) is 3.50. The van der Waals surface area contributed by atoms with Gasteiger partial charge < -0.3 is 4.90 Å². The molecule has 1 aromatic carbocycles. The lowest BCUT2D eigenvalue weighted by Crippen LogP contribution is -2.42. The Morgan fingerprint density at radius 1 is 1.00 bits per heavy atom. The highest BCUT2D eigenvalue weighted by Gasteiger charge is 2.31. The Hall–Kier alpha value is -1.68. The molecule has 4 rings (SSSR count). The molecule has 2 aliphatic heterocycles. The highest BCUT2D eigenvalue weighted by atomic mass is 16.2. The van der Waals surface area contributed by atoms with Crippen molar-refractivity contribution in [3.8, 4) is 0 Å². The molecule has 3 aliphatic rings. The zero-order valence-corrected chi connectivity index (χ0v) is 15.7. The lowest BCUT2D eigenvalue weighted by molar-refractivity contribution is -0.125. The van der Waals surface area contributed by atoms with E-state index >= 15 is 0 Å². The molecule has 4 heteroatoms. The number of ketones is 1. The first-order chi connectivity index (χ1) is 12.7. The molecule has 0 atom stereocenters. The second kappa shape index (κ2) is 7.91. The number of hydrogen-bond acceptors (Lipinski definition) is 3. The van der Waals surface area contributed by atoms with Crippen LogP contribution in [0.4, 0.5) is 0 Å². The molecular weight excluding hydrogens is 324 g/mol. The first-order valence-corrected chi connectivity index (χ1v) is 10.3. The molecule has 140 valence electrons. The van der Waals surface area contributed by atoms with Crippen molar-refractivity contribution in [2.75, 3.05) is 26.2 Å². The maximum atomic E-state index is 12.5. The molecule has 1 saturated carbocycles. The van der Waals surface area contributed by atoms with Gasteiger partial charge in [0.05, 0.1) is 6.54 Å². The first kappa shape index (κ1) is 17.7. The normalized spacial score (nSPS) is 22.6. The Balaban J connectivity index is 1.23. The highest BCUT2D eigenvalue weighted by Crippen LogP contribution is 2.27. The molecule has 1 aromatic rings. The topological polar surface area (TPSA) is 40.6 Å². The number of rotatable bonds is 5. The number of piperidine rings is 1. The number of Topliss-reactive ketones (excluding diaryl/α,β-unsaturated/α-hetero) is 1. The van der Waals surface area contributed by atoms with Gasteiger partial charge in [-0.05, 0) is 56.3 Å². The molecule has 0 radical (unpaired) electrons. The minimum atomic E-state index is 0.190. The van der Waals surface area contributed by atoms with Crippen molar-refractivity contribution in [1.82, 2.24) is 9.80 Å². The highest BCUT2D eigenvalue weighted by molar-refractivity contribution is 5.98. The molecule has 1 saturated heterocycles. The minimum Gasteiger partial charge on any atom is -0.334 e. The number of hydrogen-bond donors (Lipinski definition) is 0. The molecule has 1 amide bonds. The Kier molecular flexibility index (Phi) is 5.39. The Labute approximate surface area is 156 Å². The van der Waals surface area contributed by atoms with E-state index in [2.05, 4.69) is 11.0 Å². The molecule has 0 N–H and O–H groups in total. The van der Waals surface area contributed by atoms with Gasteiger partial charge in [0.15, 0.2) is 0 Å². The summed E-state index contributed by atoms with van der Waals surface area (Å²) in [5, 5.41) is 0. The van der Waals surface area contributed by atoms with Crippen LogP contribution in [0, 0.1) is 11.8 Å². The Morgan fingerprint density at radius 2 is 1.73 bits per heavy atom. The van der Waals surface area contributed by atoms with Gasteiger partial charge >= 0.3 is 0 Å². The van der Waals surface area contributed by atoms with Crippen LogP contribution in [-0.4, -0.2) is 47.7 Å². The monoisotopic (exact) mass is 354 g/mol. The van der Waals surface area contributed by atoms with Gasteiger partial charge in [-0.3, -0.25) is 14.5 Å². The van der Waals surface area contributed by atoms with Crippen molar-refractivity contribution in [3.63, 3.8) is 0 Å². The molecule has 0 aromatic heterocycles. The van der Waals surface area contributed by atoms with Crippen molar-refractivity contribution >= 4 is 11.7 Å². The van der Waals surface area contributed by atoms with Crippen LogP contribution in [-0.2, 0) is 11.3 Å². The summed E-state index contributed by atoms with van der Waals surface area (Å²) in [5.41, 5.74) is 2.04. The maximum Gasteiger partial charge on any atom is 0.254 e. The summed E-state index contributed by atoms with van der Waals surface area (Å²) in [6.07, 6.45) is 8.15. The molecular formula is C22H30N2O2. The van der Waals surface area contributed by atoms with E-state index in [1.807, 2.05) is 23.1 Å². The van der Waals surface area contributed by atoms with E-state index in [0.717, 1.165) is 63.0 Å². The van der Waals surface area contributed by atoms with Crippen molar-refractivity contribution < 1.29 is 9.59 Å². The van der Waals surface area contributed by atoms with Gasteiger partial charge in [-0.1, -0.05) is 37.5 Å². The van der Waals surface area contributed by atoms with Crippen LogP contribution in [0.2, 0.25) is 0 Å². The zero-order chi connectivity index (χ0) is 17.9. The number of benzene rings is 1. The Bertz CT molecular complexity index is 658. The molecule has 26 heavy (non-hydrogen) atoms. The zero-order valence-electron chi connectivity index (χ0n) is 15.7. The third-order valence-electron chi connectivity index (χ3n) is 6.52. The fourth-order valence-electron chi connectivity index (χ4n) is 4.87. The quantitative estimate of drug-likeness (QED) is 0.812. The van der Waals surface area contributed by atoms with E-state index in [0.29, 0.717) is 24.2 Å². The summed E-state index contributed by atoms with van der Waals surface area (Å²) in [5.74, 6) is 1.54.